The number of hydrogen-bond donors (Lipinski definition) is 1. The van der Waals surface area contributed by atoms with Crippen LogP contribution in [0.4, 0.5) is 5.69 Å². The number of ether oxygens (including phenoxy) is 1. The summed E-state index contributed by atoms with van der Waals surface area (Å²) in [4.78, 5) is 28.6. The number of sulfonamides is 1. The van der Waals surface area contributed by atoms with Crippen molar-refractivity contribution in [2.45, 2.75) is 51.6 Å². The van der Waals surface area contributed by atoms with Gasteiger partial charge < -0.3 is 15.0 Å². The van der Waals surface area contributed by atoms with Crippen LogP contribution in [0.2, 0.25) is 10.0 Å². The Labute approximate surface area is 252 Å². The van der Waals surface area contributed by atoms with Crippen molar-refractivity contribution >= 4 is 50.7 Å². The Morgan fingerprint density at radius 2 is 1.63 bits per heavy atom. The number of hydrogen-bond acceptors (Lipinski definition) is 5. The van der Waals surface area contributed by atoms with Gasteiger partial charge in [-0.3, -0.25) is 13.9 Å². The van der Waals surface area contributed by atoms with E-state index >= 15 is 0 Å². The highest BCUT2D eigenvalue weighted by atomic mass is 35.5. The first-order valence-corrected chi connectivity index (χ1v) is 15.5. The summed E-state index contributed by atoms with van der Waals surface area (Å²) in [5.41, 5.74) is 1.74. The van der Waals surface area contributed by atoms with Gasteiger partial charge >= 0.3 is 0 Å². The van der Waals surface area contributed by atoms with Crippen molar-refractivity contribution in [3.8, 4) is 5.75 Å². The molecule has 1 atom stereocenters. The second kappa shape index (κ2) is 14.6. The van der Waals surface area contributed by atoms with Gasteiger partial charge in [0.1, 0.15) is 18.3 Å². The maximum Gasteiger partial charge on any atom is 0.264 e. The number of halogens is 2. The zero-order valence-electron chi connectivity index (χ0n) is 23.6. The predicted octanol–water partition coefficient (Wildman–Crippen LogP) is 5.84. The molecule has 0 heterocycles. The monoisotopic (exact) mass is 619 g/mol. The number of rotatable bonds is 13. The molecule has 3 aromatic carbocycles. The SMILES string of the molecule is CCNC(=O)[C@H](CC)N(Cc1ccc(Cl)c(Cl)c1)C(=O)CN(c1ccccc1OCC)S(=O)(=O)c1ccc(C)cc1. The Morgan fingerprint density at radius 1 is 0.951 bits per heavy atom. The van der Waals surface area contributed by atoms with Gasteiger partial charge in [-0.05, 0) is 69.2 Å². The highest BCUT2D eigenvalue weighted by Crippen LogP contribution is 2.33. The normalized spacial score (nSPS) is 12.0. The van der Waals surface area contributed by atoms with Gasteiger partial charge in [-0.1, -0.05) is 66.0 Å². The lowest BCUT2D eigenvalue weighted by molar-refractivity contribution is -0.140. The van der Waals surface area contributed by atoms with Crippen LogP contribution in [-0.4, -0.2) is 50.9 Å². The number of para-hydroxylation sites is 2. The molecular weight excluding hydrogens is 585 g/mol. The Hall–Kier alpha value is -3.27. The van der Waals surface area contributed by atoms with E-state index in [2.05, 4.69) is 5.32 Å². The van der Waals surface area contributed by atoms with E-state index in [-0.39, 0.29) is 23.0 Å². The fraction of sp³-hybridized carbons (Fsp3) is 0.333. The molecule has 0 aliphatic heterocycles. The predicted molar refractivity (Wildman–Crippen MR) is 163 cm³/mol. The molecule has 0 saturated carbocycles. The molecule has 0 saturated heterocycles. The van der Waals surface area contributed by atoms with Crippen LogP contribution in [0.1, 0.15) is 38.3 Å². The van der Waals surface area contributed by atoms with Gasteiger partial charge in [-0.2, -0.15) is 0 Å². The molecule has 41 heavy (non-hydrogen) atoms. The van der Waals surface area contributed by atoms with E-state index in [1.54, 1.807) is 75.4 Å². The molecule has 3 rings (SSSR count). The van der Waals surface area contributed by atoms with Gasteiger partial charge in [0.05, 0.1) is 27.2 Å². The van der Waals surface area contributed by atoms with Crippen LogP contribution in [0.15, 0.2) is 71.6 Å². The number of carbonyl (C=O) groups excluding carboxylic acids is 2. The van der Waals surface area contributed by atoms with Crippen molar-refractivity contribution in [1.82, 2.24) is 10.2 Å². The third-order valence-corrected chi connectivity index (χ3v) is 8.91. The van der Waals surface area contributed by atoms with Crippen LogP contribution in [0.3, 0.4) is 0 Å². The van der Waals surface area contributed by atoms with Crippen LogP contribution in [-0.2, 0) is 26.2 Å². The van der Waals surface area contributed by atoms with Crippen LogP contribution < -0.4 is 14.4 Å². The number of anilines is 1. The number of nitrogens with zero attached hydrogens (tertiary/aromatic N) is 2. The van der Waals surface area contributed by atoms with Gasteiger partial charge in [0.25, 0.3) is 10.0 Å². The Balaban J connectivity index is 2.12. The maximum absolute atomic E-state index is 14.1. The number of benzene rings is 3. The quantitative estimate of drug-likeness (QED) is 0.259. The molecule has 0 fully saturated rings. The molecule has 0 aromatic heterocycles. The third kappa shape index (κ3) is 7.93. The highest BCUT2D eigenvalue weighted by molar-refractivity contribution is 7.92. The largest absolute Gasteiger partial charge is 0.492 e. The topological polar surface area (TPSA) is 96.0 Å². The summed E-state index contributed by atoms with van der Waals surface area (Å²) in [6, 6.07) is 17.1. The zero-order valence-corrected chi connectivity index (χ0v) is 25.9. The van der Waals surface area contributed by atoms with E-state index < -0.39 is 28.5 Å². The summed E-state index contributed by atoms with van der Waals surface area (Å²) in [7, 11) is -4.22. The van der Waals surface area contributed by atoms with Crippen molar-refractivity contribution in [1.29, 1.82) is 0 Å². The van der Waals surface area contributed by atoms with Crippen molar-refractivity contribution in [2.24, 2.45) is 0 Å². The summed E-state index contributed by atoms with van der Waals surface area (Å²) >= 11 is 12.3. The second-order valence-electron chi connectivity index (χ2n) is 9.31. The average molecular weight is 621 g/mol. The molecule has 0 aliphatic rings. The van der Waals surface area contributed by atoms with Crippen LogP contribution >= 0.6 is 23.2 Å². The summed E-state index contributed by atoms with van der Waals surface area (Å²) < 4.78 is 34.9. The minimum absolute atomic E-state index is 0.0108. The van der Waals surface area contributed by atoms with E-state index in [4.69, 9.17) is 27.9 Å². The van der Waals surface area contributed by atoms with Gasteiger partial charge in [-0.15, -0.1) is 0 Å². The van der Waals surface area contributed by atoms with Crippen molar-refractivity contribution in [3.05, 3.63) is 87.9 Å². The zero-order chi connectivity index (χ0) is 30.2. The van der Waals surface area contributed by atoms with Gasteiger partial charge in [0.15, 0.2) is 0 Å². The minimum atomic E-state index is -4.22. The highest BCUT2D eigenvalue weighted by Gasteiger charge is 2.34. The molecule has 0 aliphatic carbocycles. The molecule has 8 nitrogen and oxygen atoms in total. The second-order valence-corrected chi connectivity index (χ2v) is 12.0. The van der Waals surface area contributed by atoms with Crippen LogP contribution in [0, 0.1) is 6.92 Å². The molecule has 0 spiro atoms. The van der Waals surface area contributed by atoms with Crippen molar-refractivity contribution in [2.75, 3.05) is 24.0 Å². The van der Waals surface area contributed by atoms with E-state index in [1.807, 2.05) is 6.92 Å². The van der Waals surface area contributed by atoms with E-state index in [0.29, 0.717) is 40.9 Å². The molecule has 11 heteroatoms. The number of aryl methyl sites for hydroxylation is 1. The Morgan fingerprint density at radius 3 is 2.24 bits per heavy atom. The fourth-order valence-corrected chi connectivity index (χ4v) is 6.08. The standard InChI is InChI=1S/C30H35Cl2N3O5S/c1-5-26(30(37)33-6-2)34(19-22-14-17-24(31)25(32)18-22)29(36)20-35(27-10-8-9-11-28(27)40-7-3)41(38,39)23-15-12-21(4)13-16-23/h8-18,26H,5-7,19-20H2,1-4H3,(H,33,37)/t26-/m0/s1. The minimum Gasteiger partial charge on any atom is -0.492 e. The third-order valence-electron chi connectivity index (χ3n) is 6.40. The lowest BCUT2D eigenvalue weighted by atomic mass is 10.1. The maximum atomic E-state index is 14.1. The average Bonchev–Trinajstić information content (AvgIpc) is 2.94. The first kappa shape index (κ1) is 32.2. The number of nitrogens with one attached hydrogen (secondary N) is 1. The molecule has 0 unspecified atom stereocenters. The smallest absolute Gasteiger partial charge is 0.264 e. The first-order valence-electron chi connectivity index (χ1n) is 13.4. The van der Waals surface area contributed by atoms with Crippen LogP contribution in [0.5, 0.6) is 5.75 Å². The Kier molecular flexibility index (Phi) is 11.5. The molecule has 3 aromatic rings. The van der Waals surface area contributed by atoms with E-state index in [0.717, 1.165) is 9.87 Å². The molecule has 220 valence electrons. The van der Waals surface area contributed by atoms with E-state index in [9.17, 15) is 18.0 Å². The van der Waals surface area contributed by atoms with Gasteiger partial charge in [-0.25, -0.2) is 8.42 Å². The first-order chi connectivity index (χ1) is 19.5. The number of amides is 2. The van der Waals surface area contributed by atoms with Crippen LogP contribution in [0.25, 0.3) is 0 Å². The lowest BCUT2D eigenvalue weighted by Gasteiger charge is -2.33. The summed E-state index contributed by atoms with van der Waals surface area (Å²) in [5, 5.41) is 3.43. The molecule has 0 radical (unpaired) electrons. The summed E-state index contributed by atoms with van der Waals surface area (Å²) in [6.07, 6.45) is 0.305. The van der Waals surface area contributed by atoms with E-state index in [1.165, 1.54) is 17.0 Å². The van der Waals surface area contributed by atoms with Gasteiger partial charge in [0, 0.05) is 13.1 Å². The molecule has 0 bridgehead atoms. The van der Waals surface area contributed by atoms with Crippen molar-refractivity contribution in [3.63, 3.8) is 0 Å². The number of likely N-dealkylation sites (N-methyl/N-ethyl adjacent to an activating group) is 1. The lowest BCUT2D eigenvalue weighted by Crippen LogP contribution is -2.52. The Bertz CT molecular complexity index is 1470. The van der Waals surface area contributed by atoms with Crippen molar-refractivity contribution < 1.29 is 22.7 Å². The summed E-state index contributed by atoms with van der Waals surface area (Å²) in [6.45, 7) is 7.33. The van der Waals surface area contributed by atoms with Gasteiger partial charge in [0.2, 0.25) is 11.8 Å². The fourth-order valence-electron chi connectivity index (χ4n) is 4.34. The molecule has 2 amide bonds. The molecular formula is C30H35Cl2N3O5S. The molecule has 1 N–H and O–H groups in total. The number of carbonyl (C=O) groups is 2. The summed E-state index contributed by atoms with van der Waals surface area (Å²) in [5.74, 6) is -0.604.